The lowest BCUT2D eigenvalue weighted by atomic mass is 9.77. The van der Waals surface area contributed by atoms with E-state index in [-0.39, 0.29) is 28.2 Å². The first-order valence-corrected chi connectivity index (χ1v) is 24.1. The van der Waals surface area contributed by atoms with Crippen LogP contribution in [0.25, 0.3) is 0 Å². The third-order valence-corrected chi connectivity index (χ3v) is 20.5. The molecule has 6 nitrogen and oxygen atoms in total. The number of methoxy groups -OCH3 is 1. The van der Waals surface area contributed by atoms with E-state index in [0.29, 0.717) is 25.0 Å². The zero-order valence-corrected chi connectivity index (χ0v) is 34.6. The van der Waals surface area contributed by atoms with Crippen molar-refractivity contribution in [3.05, 3.63) is 53.6 Å². The molecule has 0 amide bonds. The molecule has 48 heavy (non-hydrogen) atoms. The molecule has 8 heteroatoms. The highest BCUT2D eigenvalue weighted by atomic mass is 28.4. The number of hydrogen-bond donors (Lipinski definition) is 0. The lowest BCUT2D eigenvalue weighted by Crippen LogP contribution is -2.54. The first kappa shape index (κ1) is 38.9. The first-order chi connectivity index (χ1) is 22.2. The molecule has 0 radical (unpaired) electrons. The Kier molecular flexibility index (Phi) is 12.0. The molecule has 270 valence electrons. The molecule has 2 aromatic carbocycles. The van der Waals surface area contributed by atoms with Gasteiger partial charge < -0.3 is 27.8 Å². The maximum Gasteiger partial charge on any atom is 0.250 e. The minimum absolute atomic E-state index is 0.0804. The predicted octanol–water partition coefficient (Wildman–Crippen LogP) is 11.3. The van der Waals surface area contributed by atoms with Gasteiger partial charge in [-0.3, -0.25) is 0 Å². The highest BCUT2D eigenvalue weighted by Crippen LogP contribution is 2.51. The molecule has 2 aromatic rings. The van der Waals surface area contributed by atoms with E-state index in [1.165, 1.54) is 0 Å². The van der Waals surface area contributed by atoms with Gasteiger partial charge in [0.2, 0.25) is 16.6 Å². The zero-order valence-electron chi connectivity index (χ0n) is 32.6. The molecule has 6 atom stereocenters. The van der Waals surface area contributed by atoms with Crippen molar-refractivity contribution in [1.82, 2.24) is 0 Å². The Bertz CT molecular complexity index is 1300. The van der Waals surface area contributed by atoms with Gasteiger partial charge in [0, 0.05) is 25.0 Å². The number of rotatable bonds is 11. The van der Waals surface area contributed by atoms with Crippen LogP contribution in [0.2, 0.25) is 36.3 Å². The van der Waals surface area contributed by atoms with Crippen LogP contribution >= 0.6 is 0 Å². The molecule has 0 saturated carbocycles. The lowest BCUT2D eigenvalue weighted by molar-refractivity contribution is -0.355. The summed E-state index contributed by atoms with van der Waals surface area (Å²) in [5.74, 6) is 3.07. The van der Waals surface area contributed by atoms with Crippen LogP contribution in [-0.2, 0) is 20.8 Å². The average molecular weight is 699 g/mol. The van der Waals surface area contributed by atoms with Gasteiger partial charge in [0.1, 0.15) is 17.2 Å². The molecule has 4 rings (SSSR count). The highest BCUT2D eigenvalue weighted by Gasteiger charge is 2.51. The Labute approximate surface area is 294 Å². The number of benzene rings is 2. The van der Waals surface area contributed by atoms with E-state index >= 15 is 0 Å². The van der Waals surface area contributed by atoms with Crippen molar-refractivity contribution in [2.24, 2.45) is 17.8 Å². The maximum atomic E-state index is 7.24. The van der Waals surface area contributed by atoms with Crippen molar-refractivity contribution in [3.8, 4) is 17.2 Å². The minimum atomic E-state index is -2.09. The van der Waals surface area contributed by atoms with Crippen LogP contribution in [0.3, 0.4) is 0 Å². The fraction of sp³-hybridized carbons (Fsp3) is 0.700. The summed E-state index contributed by atoms with van der Waals surface area (Å²) in [5.41, 5.74) is 2.27. The van der Waals surface area contributed by atoms with Crippen molar-refractivity contribution in [2.75, 3.05) is 13.7 Å². The van der Waals surface area contributed by atoms with E-state index in [4.69, 9.17) is 27.8 Å². The van der Waals surface area contributed by atoms with Crippen LogP contribution < -0.4 is 13.6 Å². The van der Waals surface area contributed by atoms with E-state index in [1.807, 2.05) is 12.1 Å². The lowest BCUT2D eigenvalue weighted by Gasteiger charge is -2.53. The zero-order chi connectivity index (χ0) is 35.7. The quantitative estimate of drug-likeness (QED) is 0.172. The van der Waals surface area contributed by atoms with Crippen LogP contribution in [-0.4, -0.2) is 42.2 Å². The van der Waals surface area contributed by atoms with Crippen LogP contribution in [0, 0.1) is 17.8 Å². The van der Waals surface area contributed by atoms with E-state index in [0.717, 1.165) is 54.1 Å². The molecule has 0 aliphatic carbocycles. The van der Waals surface area contributed by atoms with E-state index in [1.54, 1.807) is 7.11 Å². The molecular weight excluding hydrogens is 633 g/mol. The first-order valence-electron chi connectivity index (χ1n) is 18.3. The number of hydrogen-bond acceptors (Lipinski definition) is 6. The van der Waals surface area contributed by atoms with Gasteiger partial charge in [0.15, 0.2) is 5.79 Å². The van der Waals surface area contributed by atoms with Crippen LogP contribution in [0.1, 0.15) is 105 Å². The Morgan fingerprint density at radius 2 is 1.33 bits per heavy atom. The molecule has 0 aromatic heterocycles. The van der Waals surface area contributed by atoms with Gasteiger partial charge >= 0.3 is 0 Å². The van der Waals surface area contributed by atoms with Gasteiger partial charge in [0.05, 0.1) is 25.9 Å². The van der Waals surface area contributed by atoms with Crippen molar-refractivity contribution >= 4 is 16.6 Å². The monoisotopic (exact) mass is 698 g/mol. The summed E-state index contributed by atoms with van der Waals surface area (Å²) in [6, 6.07) is 14.6. The van der Waals surface area contributed by atoms with Gasteiger partial charge in [-0.05, 0) is 103 Å². The summed E-state index contributed by atoms with van der Waals surface area (Å²) in [6.45, 7) is 31.1. The van der Waals surface area contributed by atoms with E-state index in [9.17, 15) is 0 Å². The standard InChI is InChI=1S/C40H66O6Si2/c1-28-19-21-40(30(3)23-29(2)36(43-40)20-22-42-27-31-15-17-33(41-10)18-16-31)44-37(28)32-24-34(45-47(11,12)38(4,5)6)26-35(25-32)46-48(13,14)39(7,8)9/h15-18,24-26,28-30,36-37H,19-23,27H2,1-14H3/t28-,29-,30-,36+,37-,40+/m0/s1. The largest absolute Gasteiger partial charge is 0.543 e. The third kappa shape index (κ3) is 9.08. The average Bonchev–Trinajstić information content (AvgIpc) is 2.97. The molecule has 0 N–H and O–H groups in total. The second-order valence-corrected chi connectivity index (χ2v) is 27.2. The van der Waals surface area contributed by atoms with Gasteiger partial charge in [0.25, 0.3) is 0 Å². The molecule has 2 heterocycles. The van der Waals surface area contributed by atoms with Crippen molar-refractivity contribution < 1.29 is 27.8 Å². The molecule has 2 aliphatic heterocycles. The Hall–Kier alpha value is -1.85. The molecule has 2 saturated heterocycles. The maximum absolute atomic E-state index is 7.24. The summed E-state index contributed by atoms with van der Waals surface area (Å²) in [5, 5.41) is 0.162. The van der Waals surface area contributed by atoms with Crippen LogP contribution in [0.4, 0.5) is 0 Å². The predicted molar refractivity (Wildman–Crippen MR) is 202 cm³/mol. The van der Waals surface area contributed by atoms with Crippen molar-refractivity contribution in [1.29, 1.82) is 0 Å². The molecule has 0 bridgehead atoms. The Morgan fingerprint density at radius 1 is 0.771 bits per heavy atom. The van der Waals surface area contributed by atoms with Crippen LogP contribution in [0.5, 0.6) is 17.2 Å². The molecular formula is C40H66O6Si2. The summed E-state index contributed by atoms with van der Waals surface area (Å²) >= 11 is 0. The van der Waals surface area contributed by atoms with Crippen LogP contribution in [0.15, 0.2) is 42.5 Å². The summed E-state index contributed by atoms with van der Waals surface area (Å²) < 4.78 is 39.6. The molecule has 2 aliphatic rings. The second-order valence-electron chi connectivity index (χ2n) is 17.8. The van der Waals surface area contributed by atoms with Crippen molar-refractivity contribution in [2.45, 2.75) is 149 Å². The van der Waals surface area contributed by atoms with Gasteiger partial charge in [-0.1, -0.05) is 74.4 Å². The smallest absolute Gasteiger partial charge is 0.250 e. The SMILES string of the molecule is COc1ccc(COCC[C@H]2O[C@@]3(CC[C@H](C)[C@@H](c4cc(O[Si](C)(C)C(C)(C)C)cc(O[Si](C)(C)C(C)(C)C)c4)O3)[C@@H](C)C[C@@H]2C)cc1. The molecule has 0 unspecified atom stereocenters. The van der Waals surface area contributed by atoms with E-state index in [2.05, 4.69) is 119 Å². The highest BCUT2D eigenvalue weighted by molar-refractivity contribution is 6.75. The summed E-state index contributed by atoms with van der Waals surface area (Å²) in [7, 11) is -2.49. The fourth-order valence-electron chi connectivity index (χ4n) is 6.42. The van der Waals surface area contributed by atoms with Gasteiger partial charge in [-0.15, -0.1) is 0 Å². The topological polar surface area (TPSA) is 55.4 Å². The minimum Gasteiger partial charge on any atom is -0.543 e. The Morgan fingerprint density at radius 3 is 1.85 bits per heavy atom. The van der Waals surface area contributed by atoms with Crippen molar-refractivity contribution in [3.63, 3.8) is 0 Å². The van der Waals surface area contributed by atoms with Gasteiger partial charge in [-0.25, -0.2) is 0 Å². The summed E-state index contributed by atoms with van der Waals surface area (Å²) in [4.78, 5) is 0. The fourth-order valence-corrected chi connectivity index (χ4v) is 8.45. The number of ether oxygens (including phenoxy) is 4. The van der Waals surface area contributed by atoms with E-state index < -0.39 is 22.4 Å². The van der Waals surface area contributed by atoms with Gasteiger partial charge in [-0.2, -0.15) is 0 Å². The third-order valence-electron chi connectivity index (χ3n) is 11.8. The Balaban J connectivity index is 1.56. The molecule has 1 spiro atoms. The second kappa shape index (κ2) is 14.8. The molecule has 2 fully saturated rings. The summed E-state index contributed by atoms with van der Waals surface area (Å²) in [6.07, 6.45) is 3.81. The normalized spacial score (nSPS) is 27.2.